The first kappa shape index (κ1) is 29.8. The molecule has 3 aliphatic heterocycles. The minimum Gasteiger partial charge on any atom is -0.465 e. The lowest BCUT2D eigenvalue weighted by Gasteiger charge is -2.40. The number of hydrogen-bond donors (Lipinski definition) is 1. The second-order valence-electron chi connectivity index (χ2n) is 10.7. The molecule has 3 unspecified atom stereocenters. The highest BCUT2D eigenvalue weighted by Gasteiger charge is 2.77. The molecule has 1 spiro atoms. The molecule has 3 saturated heterocycles. The van der Waals surface area contributed by atoms with Gasteiger partial charge in [-0.25, -0.2) is 0 Å². The van der Waals surface area contributed by atoms with Crippen LogP contribution in [0, 0.1) is 17.8 Å². The van der Waals surface area contributed by atoms with E-state index >= 15 is 0 Å². The van der Waals surface area contributed by atoms with Crippen LogP contribution in [0.25, 0.3) is 0 Å². The van der Waals surface area contributed by atoms with Gasteiger partial charge in [0.15, 0.2) is 0 Å². The molecule has 1 N–H and O–H groups in total. The van der Waals surface area contributed by atoms with Crippen LogP contribution in [0.2, 0.25) is 5.02 Å². The number of carbonyl (C=O) groups is 3. The van der Waals surface area contributed by atoms with Crippen molar-refractivity contribution in [2.75, 3.05) is 24.7 Å². The minimum absolute atomic E-state index is 0.158. The molecule has 39 heavy (non-hydrogen) atoms. The van der Waals surface area contributed by atoms with Crippen LogP contribution >= 0.6 is 27.5 Å². The topological polar surface area (TPSA) is 96.4 Å². The number of aliphatic hydroxyl groups excluding tert-OH is 1. The Hall–Kier alpha value is -2.20. The number of anilines is 1. The van der Waals surface area contributed by atoms with Crippen molar-refractivity contribution in [3.8, 4) is 0 Å². The predicted molar refractivity (Wildman–Crippen MR) is 153 cm³/mol. The van der Waals surface area contributed by atoms with Gasteiger partial charge in [-0.1, -0.05) is 53.5 Å². The predicted octanol–water partition coefficient (Wildman–Crippen LogP) is 4.13. The number of hydrogen-bond acceptors (Lipinski definition) is 6. The summed E-state index contributed by atoms with van der Waals surface area (Å²) < 4.78 is 12.1. The molecule has 212 valence electrons. The fourth-order valence-electron chi connectivity index (χ4n) is 6.31. The Labute approximate surface area is 243 Å². The number of alkyl halides is 1. The van der Waals surface area contributed by atoms with E-state index in [0.29, 0.717) is 30.0 Å². The summed E-state index contributed by atoms with van der Waals surface area (Å²) in [4.78, 5) is 44.9. The Bertz CT molecular complexity index is 1110. The van der Waals surface area contributed by atoms with Gasteiger partial charge in [-0.2, -0.15) is 0 Å². The number of esters is 1. The van der Waals surface area contributed by atoms with E-state index in [2.05, 4.69) is 29.1 Å². The van der Waals surface area contributed by atoms with Gasteiger partial charge >= 0.3 is 5.97 Å². The van der Waals surface area contributed by atoms with Crippen LogP contribution in [0.15, 0.2) is 49.6 Å². The smallest absolute Gasteiger partial charge is 0.312 e. The van der Waals surface area contributed by atoms with E-state index in [4.69, 9.17) is 21.1 Å². The lowest BCUT2D eigenvalue weighted by Crippen LogP contribution is -2.60. The number of halogens is 2. The number of aliphatic hydroxyl groups is 1. The van der Waals surface area contributed by atoms with Crippen molar-refractivity contribution in [2.45, 2.75) is 61.7 Å². The minimum atomic E-state index is -1.26. The second-order valence-corrected chi connectivity index (χ2v) is 12.3. The van der Waals surface area contributed by atoms with Gasteiger partial charge in [0.05, 0.1) is 37.2 Å². The van der Waals surface area contributed by atoms with Crippen LogP contribution < -0.4 is 4.90 Å². The van der Waals surface area contributed by atoms with E-state index in [1.54, 1.807) is 41.3 Å². The molecule has 10 heteroatoms. The van der Waals surface area contributed by atoms with Crippen molar-refractivity contribution >= 4 is 51.0 Å². The number of fused-ring (bicyclic) bond motifs is 1. The number of amides is 2. The Kier molecular flexibility index (Phi) is 9.26. The van der Waals surface area contributed by atoms with E-state index < -0.39 is 41.6 Å². The van der Waals surface area contributed by atoms with Crippen LogP contribution in [-0.2, 0) is 23.9 Å². The Morgan fingerprint density at radius 1 is 1.31 bits per heavy atom. The number of ether oxygens (including phenoxy) is 2. The maximum absolute atomic E-state index is 14.5. The molecular formula is C29H36BrClN2O6. The summed E-state index contributed by atoms with van der Waals surface area (Å²) >= 11 is 9.77. The van der Waals surface area contributed by atoms with Gasteiger partial charge in [0.25, 0.3) is 5.91 Å². The summed E-state index contributed by atoms with van der Waals surface area (Å²) in [5.41, 5.74) is -0.672. The molecule has 0 saturated carbocycles. The zero-order chi connectivity index (χ0) is 28.5. The van der Waals surface area contributed by atoms with E-state index in [1.807, 2.05) is 13.8 Å². The summed E-state index contributed by atoms with van der Waals surface area (Å²) in [6, 6.07) is 5.13. The maximum atomic E-state index is 14.5. The van der Waals surface area contributed by atoms with Gasteiger partial charge in [-0.15, -0.1) is 13.2 Å². The SMILES string of the molecule is C=CCCCOC(=O)[C@H]1[C@H]2C(=O)N([C@@H](CO)C(C)C)C(C(=O)N(CC=C)c3ccc(Cl)cc3)C23CC(Br)[C@@H]1O3. The highest BCUT2D eigenvalue weighted by molar-refractivity contribution is 9.09. The average molecular weight is 624 g/mol. The number of unbranched alkanes of at least 4 members (excludes halogenated alkanes) is 1. The van der Waals surface area contributed by atoms with Crippen LogP contribution in [0.3, 0.4) is 0 Å². The van der Waals surface area contributed by atoms with Crippen LogP contribution in [0.1, 0.15) is 33.1 Å². The summed E-state index contributed by atoms with van der Waals surface area (Å²) in [5, 5.41) is 10.9. The molecular weight excluding hydrogens is 588 g/mol. The first-order valence-corrected chi connectivity index (χ1v) is 14.6. The van der Waals surface area contributed by atoms with Crippen LogP contribution in [0.4, 0.5) is 5.69 Å². The molecule has 4 rings (SSSR count). The normalized spacial score (nSPS) is 29.8. The highest BCUT2D eigenvalue weighted by atomic mass is 79.9. The standard InChI is InChI=1S/C29H36BrClN2O6/c1-5-7-8-14-38-28(37)22-23-26(35)33(21(16-34)17(3)4)25(29(23)15-20(30)24(22)39-29)27(36)32(13-6-2)19-11-9-18(31)10-12-19/h5-6,9-12,17,20-25,34H,1-2,7-8,13-16H2,3-4H3/t20?,21-,22-,23-,24-,25?,29?/m0/s1. The van der Waals surface area contributed by atoms with E-state index in [-0.39, 0.29) is 42.3 Å². The summed E-state index contributed by atoms with van der Waals surface area (Å²) in [6.07, 6.45) is 4.44. The first-order valence-electron chi connectivity index (χ1n) is 13.3. The molecule has 3 aliphatic rings. The van der Waals surface area contributed by atoms with Crippen molar-refractivity contribution in [1.82, 2.24) is 4.90 Å². The quantitative estimate of drug-likeness (QED) is 0.163. The Morgan fingerprint density at radius 3 is 2.59 bits per heavy atom. The van der Waals surface area contributed by atoms with Crippen LogP contribution in [0.5, 0.6) is 0 Å². The van der Waals surface area contributed by atoms with Crippen molar-refractivity contribution in [3.63, 3.8) is 0 Å². The number of carbonyl (C=O) groups excluding carboxylic acids is 3. The van der Waals surface area contributed by atoms with Crippen molar-refractivity contribution in [1.29, 1.82) is 0 Å². The van der Waals surface area contributed by atoms with Crippen LogP contribution in [-0.4, -0.2) is 76.2 Å². The molecule has 8 nitrogen and oxygen atoms in total. The number of rotatable bonds is 12. The molecule has 0 radical (unpaired) electrons. The number of likely N-dealkylation sites (tertiary alicyclic amines) is 1. The third kappa shape index (κ3) is 5.19. The van der Waals surface area contributed by atoms with Crippen molar-refractivity contribution in [3.05, 3.63) is 54.6 Å². The molecule has 0 aromatic heterocycles. The number of benzene rings is 1. The Balaban J connectivity index is 1.78. The lowest BCUT2D eigenvalue weighted by atomic mass is 9.70. The molecule has 1 aromatic carbocycles. The summed E-state index contributed by atoms with van der Waals surface area (Å²) in [6.45, 7) is 11.3. The van der Waals surface area contributed by atoms with Gasteiger partial charge in [0.1, 0.15) is 11.6 Å². The van der Waals surface area contributed by atoms with Crippen molar-refractivity contribution < 1.29 is 29.0 Å². The third-order valence-electron chi connectivity index (χ3n) is 8.06. The van der Waals surface area contributed by atoms with Crippen molar-refractivity contribution in [2.24, 2.45) is 17.8 Å². The number of nitrogens with zero attached hydrogens (tertiary/aromatic N) is 2. The molecule has 2 amide bonds. The fraction of sp³-hybridized carbons (Fsp3) is 0.552. The van der Waals surface area contributed by atoms with E-state index in [9.17, 15) is 19.5 Å². The van der Waals surface area contributed by atoms with E-state index in [0.717, 1.165) is 0 Å². The zero-order valence-electron chi connectivity index (χ0n) is 22.3. The highest BCUT2D eigenvalue weighted by Crippen LogP contribution is 2.61. The molecule has 0 aliphatic carbocycles. The van der Waals surface area contributed by atoms with Gasteiger partial charge in [-0.05, 0) is 49.4 Å². The summed E-state index contributed by atoms with van der Waals surface area (Å²) in [7, 11) is 0. The van der Waals surface area contributed by atoms with Gasteiger partial charge in [0.2, 0.25) is 5.91 Å². The fourth-order valence-corrected chi connectivity index (χ4v) is 7.38. The zero-order valence-corrected chi connectivity index (χ0v) is 24.6. The van der Waals surface area contributed by atoms with Gasteiger partial charge < -0.3 is 24.4 Å². The summed E-state index contributed by atoms with van der Waals surface area (Å²) in [5.74, 6) is -3.17. The largest absolute Gasteiger partial charge is 0.465 e. The molecule has 7 atom stereocenters. The Morgan fingerprint density at radius 2 is 2.00 bits per heavy atom. The second kappa shape index (κ2) is 12.1. The molecule has 3 fully saturated rings. The van der Waals surface area contributed by atoms with E-state index in [1.165, 1.54) is 4.90 Å². The van der Waals surface area contributed by atoms with Gasteiger partial charge in [-0.3, -0.25) is 14.4 Å². The molecule has 2 bridgehead atoms. The maximum Gasteiger partial charge on any atom is 0.312 e. The first-order chi connectivity index (χ1) is 18.6. The monoisotopic (exact) mass is 622 g/mol. The average Bonchev–Trinajstić information content (AvgIpc) is 3.49. The molecule has 1 aromatic rings. The lowest BCUT2D eigenvalue weighted by molar-refractivity contribution is -0.156. The molecule has 3 heterocycles. The van der Waals surface area contributed by atoms with Gasteiger partial charge in [0, 0.05) is 22.1 Å². The number of allylic oxidation sites excluding steroid dienone is 1. The third-order valence-corrected chi connectivity index (χ3v) is 9.16.